The molecule has 2 atom stereocenters. The Bertz CT molecular complexity index is 739. The van der Waals surface area contributed by atoms with Crippen LogP contribution in [-0.2, 0) is 9.53 Å². The Morgan fingerprint density at radius 2 is 1.68 bits per heavy atom. The third-order valence-electron chi connectivity index (χ3n) is 5.22. The number of aliphatic carboxylic acids is 1. The number of carboxylic acid groups (broad SMARTS) is 1. The number of piperidine rings is 1. The van der Waals surface area contributed by atoms with Crippen LogP contribution in [-0.4, -0.2) is 52.9 Å². The van der Waals surface area contributed by atoms with E-state index < -0.39 is 12.1 Å². The number of carbonyl (C=O) groups is 1. The maximum atomic E-state index is 10.7. The van der Waals surface area contributed by atoms with Gasteiger partial charge in [0.05, 0.1) is 18.6 Å². The molecule has 2 aromatic rings. The van der Waals surface area contributed by atoms with Crippen molar-refractivity contribution in [3.05, 3.63) is 71.3 Å². The number of hydrogen-bond acceptors (Lipinski definition) is 4. The molecule has 0 aromatic heterocycles. The summed E-state index contributed by atoms with van der Waals surface area (Å²) < 4.78 is 6.54. The first kappa shape index (κ1) is 20.5. The number of aryl methyl sites for hydroxylation is 1. The zero-order chi connectivity index (χ0) is 19.9. The van der Waals surface area contributed by atoms with Crippen LogP contribution in [0.3, 0.4) is 0 Å². The summed E-state index contributed by atoms with van der Waals surface area (Å²) in [6.07, 6.45) is 0.749. The summed E-state index contributed by atoms with van der Waals surface area (Å²) in [7, 11) is 0. The number of rotatable bonds is 8. The summed E-state index contributed by atoms with van der Waals surface area (Å²) >= 11 is 0. The molecule has 1 saturated heterocycles. The van der Waals surface area contributed by atoms with Crippen molar-refractivity contribution in [1.82, 2.24) is 4.90 Å². The fourth-order valence-corrected chi connectivity index (χ4v) is 3.70. The van der Waals surface area contributed by atoms with Gasteiger partial charge in [-0.1, -0.05) is 60.2 Å². The van der Waals surface area contributed by atoms with Crippen molar-refractivity contribution in [1.29, 1.82) is 0 Å². The Hall–Kier alpha value is -2.21. The second-order valence-electron chi connectivity index (χ2n) is 7.59. The summed E-state index contributed by atoms with van der Waals surface area (Å²) in [5.74, 6) is -0.963. The Balaban J connectivity index is 1.61. The molecule has 0 amide bonds. The second-order valence-corrected chi connectivity index (χ2v) is 7.59. The molecule has 1 heterocycles. The van der Waals surface area contributed by atoms with Crippen molar-refractivity contribution in [2.24, 2.45) is 0 Å². The van der Waals surface area contributed by atoms with Gasteiger partial charge in [0.2, 0.25) is 0 Å². The van der Waals surface area contributed by atoms with Crippen molar-refractivity contribution in [3.63, 3.8) is 0 Å². The van der Waals surface area contributed by atoms with Crippen LogP contribution >= 0.6 is 0 Å². The van der Waals surface area contributed by atoms with E-state index in [1.165, 1.54) is 5.56 Å². The van der Waals surface area contributed by atoms with Crippen LogP contribution in [0, 0.1) is 6.92 Å². The summed E-state index contributed by atoms with van der Waals surface area (Å²) in [6, 6.07) is 18.8. The lowest BCUT2D eigenvalue weighted by Crippen LogP contribution is -2.41. The summed E-state index contributed by atoms with van der Waals surface area (Å²) in [6.45, 7) is 4.09. The average Bonchev–Trinajstić information content (AvgIpc) is 2.68. The predicted molar refractivity (Wildman–Crippen MR) is 108 cm³/mol. The lowest BCUT2D eigenvalue weighted by atomic mass is 9.99. The molecule has 0 aliphatic carbocycles. The molecule has 0 saturated carbocycles. The molecule has 1 aliphatic rings. The molecule has 0 radical (unpaired) electrons. The number of aliphatic hydroxyl groups is 1. The van der Waals surface area contributed by atoms with Crippen LogP contribution in [0.1, 0.15) is 42.1 Å². The molecule has 0 spiro atoms. The lowest BCUT2D eigenvalue weighted by Gasteiger charge is -2.35. The van der Waals surface area contributed by atoms with E-state index in [-0.39, 0.29) is 18.6 Å². The van der Waals surface area contributed by atoms with Gasteiger partial charge in [0.1, 0.15) is 6.10 Å². The van der Waals surface area contributed by atoms with Gasteiger partial charge in [-0.25, -0.2) is 0 Å². The number of aliphatic hydroxyl groups excluding tert-OH is 1. The molecule has 2 N–H and O–H groups in total. The summed E-state index contributed by atoms with van der Waals surface area (Å²) in [5, 5.41) is 18.6. The third kappa shape index (κ3) is 5.89. The molecule has 2 aromatic carbocycles. The zero-order valence-electron chi connectivity index (χ0n) is 16.3. The quantitative estimate of drug-likeness (QED) is 0.731. The minimum Gasteiger partial charge on any atom is -0.481 e. The molecule has 3 rings (SSSR count). The number of benzene rings is 2. The smallest absolute Gasteiger partial charge is 0.306 e. The highest BCUT2D eigenvalue weighted by Crippen LogP contribution is 2.30. The standard InChI is InChI=1S/C23H29NO4/c1-17-7-9-19(10-8-17)23(18-5-3-2-4-6-18)28-21-11-13-24(14-12-21)16-20(25)15-22(26)27/h2-10,20-21,23,25H,11-16H2,1H3,(H,26,27). The molecular formula is C23H29NO4. The van der Waals surface area contributed by atoms with Crippen molar-refractivity contribution in [2.45, 2.75) is 44.5 Å². The van der Waals surface area contributed by atoms with Gasteiger partial charge < -0.3 is 19.8 Å². The van der Waals surface area contributed by atoms with Gasteiger partial charge in [0.15, 0.2) is 0 Å². The van der Waals surface area contributed by atoms with E-state index >= 15 is 0 Å². The summed E-state index contributed by atoms with van der Waals surface area (Å²) in [4.78, 5) is 12.8. The normalized spacial score (nSPS) is 17.9. The first-order valence-electron chi connectivity index (χ1n) is 9.90. The highest BCUT2D eigenvalue weighted by atomic mass is 16.5. The van der Waals surface area contributed by atoms with Gasteiger partial charge in [-0.3, -0.25) is 4.79 Å². The first-order chi connectivity index (χ1) is 13.5. The number of nitrogens with zero attached hydrogens (tertiary/aromatic N) is 1. The van der Waals surface area contributed by atoms with Crippen LogP contribution in [0.15, 0.2) is 54.6 Å². The lowest BCUT2D eigenvalue weighted by molar-refractivity contribution is -0.139. The van der Waals surface area contributed by atoms with E-state index in [2.05, 4.69) is 48.2 Å². The maximum absolute atomic E-state index is 10.7. The number of likely N-dealkylation sites (tertiary alicyclic amines) is 1. The molecule has 150 valence electrons. The highest BCUT2D eigenvalue weighted by molar-refractivity contribution is 5.67. The minimum atomic E-state index is -0.963. The van der Waals surface area contributed by atoms with Crippen molar-refractivity contribution in [3.8, 4) is 0 Å². The molecule has 5 heteroatoms. The van der Waals surface area contributed by atoms with E-state index in [1.807, 2.05) is 18.2 Å². The molecule has 1 fully saturated rings. The molecular weight excluding hydrogens is 354 g/mol. The number of carboxylic acids is 1. The second kappa shape index (κ2) is 9.82. The van der Waals surface area contributed by atoms with Gasteiger partial charge in [0, 0.05) is 19.6 Å². The first-order valence-corrected chi connectivity index (χ1v) is 9.90. The van der Waals surface area contributed by atoms with Crippen molar-refractivity contribution in [2.75, 3.05) is 19.6 Å². The third-order valence-corrected chi connectivity index (χ3v) is 5.22. The largest absolute Gasteiger partial charge is 0.481 e. The van der Waals surface area contributed by atoms with Crippen LogP contribution < -0.4 is 0 Å². The van der Waals surface area contributed by atoms with E-state index in [4.69, 9.17) is 9.84 Å². The summed E-state index contributed by atoms with van der Waals surface area (Å²) in [5.41, 5.74) is 3.52. The van der Waals surface area contributed by atoms with Gasteiger partial charge in [-0.2, -0.15) is 0 Å². The molecule has 28 heavy (non-hydrogen) atoms. The SMILES string of the molecule is Cc1ccc(C(OC2CCN(CC(O)CC(=O)O)CC2)c2ccccc2)cc1. The number of β-amino-alcohol motifs (C(OH)–C–C–N with tert-alkyl or cyclic N) is 1. The van der Waals surface area contributed by atoms with Crippen molar-refractivity contribution < 1.29 is 19.7 Å². The molecule has 5 nitrogen and oxygen atoms in total. The maximum Gasteiger partial charge on any atom is 0.306 e. The Labute approximate surface area is 166 Å². The fraction of sp³-hybridized carbons (Fsp3) is 0.435. The highest BCUT2D eigenvalue weighted by Gasteiger charge is 2.26. The van der Waals surface area contributed by atoms with E-state index in [1.54, 1.807) is 0 Å². The van der Waals surface area contributed by atoms with E-state index in [0.29, 0.717) is 6.54 Å². The predicted octanol–water partition coefficient (Wildman–Crippen LogP) is 3.40. The zero-order valence-corrected chi connectivity index (χ0v) is 16.3. The number of hydrogen-bond donors (Lipinski definition) is 2. The van der Waals surface area contributed by atoms with Crippen LogP contribution in [0.4, 0.5) is 0 Å². The monoisotopic (exact) mass is 383 g/mol. The van der Waals surface area contributed by atoms with Crippen LogP contribution in [0.25, 0.3) is 0 Å². The Kier molecular flexibility index (Phi) is 7.20. The van der Waals surface area contributed by atoms with E-state index in [9.17, 15) is 9.90 Å². The minimum absolute atomic E-state index is 0.101. The van der Waals surface area contributed by atoms with Crippen LogP contribution in [0.2, 0.25) is 0 Å². The van der Waals surface area contributed by atoms with Crippen LogP contribution in [0.5, 0.6) is 0 Å². The van der Waals surface area contributed by atoms with Crippen molar-refractivity contribution >= 4 is 5.97 Å². The topological polar surface area (TPSA) is 70.0 Å². The van der Waals surface area contributed by atoms with Gasteiger partial charge >= 0.3 is 5.97 Å². The Morgan fingerprint density at radius 1 is 1.07 bits per heavy atom. The molecule has 1 aliphatic heterocycles. The molecule has 0 bridgehead atoms. The van der Waals surface area contributed by atoms with E-state index in [0.717, 1.165) is 37.1 Å². The molecule has 2 unspecified atom stereocenters. The fourth-order valence-electron chi connectivity index (χ4n) is 3.70. The van der Waals surface area contributed by atoms with Gasteiger partial charge in [-0.05, 0) is 30.9 Å². The number of ether oxygens (including phenoxy) is 1. The van der Waals surface area contributed by atoms with Gasteiger partial charge in [0.25, 0.3) is 0 Å². The van der Waals surface area contributed by atoms with Gasteiger partial charge in [-0.15, -0.1) is 0 Å². The average molecular weight is 383 g/mol. The Morgan fingerprint density at radius 3 is 2.29 bits per heavy atom.